The van der Waals surface area contributed by atoms with E-state index in [1.807, 2.05) is 23.9 Å². The van der Waals surface area contributed by atoms with Crippen molar-refractivity contribution >= 4 is 0 Å². The highest BCUT2D eigenvalue weighted by atomic mass is 15.0. The summed E-state index contributed by atoms with van der Waals surface area (Å²) in [4.78, 5) is 7.98. The van der Waals surface area contributed by atoms with Crippen molar-refractivity contribution in [3.63, 3.8) is 0 Å². The van der Waals surface area contributed by atoms with Crippen molar-refractivity contribution in [1.29, 1.82) is 0 Å². The predicted molar refractivity (Wildman–Crippen MR) is 49.1 cm³/mol. The van der Waals surface area contributed by atoms with Gasteiger partial charge >= 0.3 is 0 Å². The number of hydrogen-bond acceptors (Lipinski definition) is 2. The Morgan fingerprint density at radius 2 is 2.46 bits per heavy atom. The minimum Gasteiger partial charge on any atom is -0.333 e. The van der Waals surface area contributed by atoms with E-state index in [4.69, 9.17) is 0 Å². The van der Waals surface area contributed by atoms with Crippen molar-refractivity contribution < 1.29 is 0 Å². The van der Waals surface area contributed by atoms with E-state index in [-0.39, 0.29) is 0 Å². The number of aromatic nitrogens is 3. The molecule has 2 heterocycles. The zero-order valence-electron chi connectivity index (χ0n) is 7.44. The molecule has 0 aliphatic heterocycles. The lowest BCUT2D eigenvalue weighted by Crippen LogP contribution is -1.97. The van der Waals surface area contributed by atoms with Crippen LogP contribution in [0.15, 0.2) is 31.0 Å². The Morgan fingerprint density at radius 3 is 3.15 bits per heavy atom. The third-order valence-corrected chi connectivity index (χ3v) is 1.80. The van der Waals surface area contributed by atoms with Crippen LogP contribution in [0.3, 0.4) is 0 Å². The maximum absolute atomic E-state index is 4.01. The van der Waals surface area contributed by atoms with Gasteiger partial charge in [-0.3, -0.25) is 4.98 Å². The van der Waals surface area contributed by atoms with Gasteiger partial charge in [0.15, 0.2) is 0 Å². The van der Waals surface area contributed by atoms with Crippen molar-refractivity contribution in [3.8, 4) is 0 Å². The molecule has 3 nitrogen and oxygen atoms in total. The lowest BCUT2D eigenvalue weighted by molar-refractivity contribution is 0.792. The van der Waals surface area contributed by atoms with E-state index in [1.165, 1.54) is 5.56 Å². The number of pyridine rings is 1. The van der Waals surface area contributed by atoms with Crippen LogP contribution in [0, 0.1) is 13.1 Å². The average Bonchev–Trinajstić information content (AvgIpc) is 2.57. The molecule has 0 N–H and O–H groups in total. The molecule has 2 rings (SSSR count). The molecule has 0 amide bonds. The van der Waals surface area contributed by atoms with Gasteiger partial charge in [-0.25, -0.2) is 4.98 Å². The minimum absolute atomic E-state index is 0.822. The molecule has 0 saturated heterocycles. The average molecular weight is 172 g/mol. The van der Waals surface area contributed by atoms with Gasteiger partial charge in [-0.2, -0.15) is 0 Å². The topological polar surface area (TPSA) is 30.7 Å². The summed E-state index contributed by atoms with van der Waals surface area (Å²) in [6.07, 6.45) is 10.2. The summed E-state index contributed by atoms with van der Waals surface area (Å²) >= 11 is 0. The second-order valence-electron chi connectivity index (χ2n) is 3.01. The van der Waals surface area contributed by atoms with Crippen LogP contribution < -0.4 is 0 Å². The molecule has 0 aromatic carbocycles. The summed E-state index contributed by atoms with van der Waals surface area (Å²) in [7, 11) is 0. The van der Waals surface area contributed by atoms with Crippen molar-refractivity contribution in [2.75, 3.05) is 0 Å². The van der Waals surface area contributed by atoms with E-state index < -0.39 is 0 Å². The first-order valence-electron chi connectivity index (χ1n) is 4.13. The molecule has 13 heavy (non-hydrogen) atoms. The van der Waals surface area contributed by atoms with E-state index in [9.17, 15) is 0 Å². The Hall–Kier alpha value is -1.64. The highest BCUT2D eigenvalue weighted by molar-refractivity contribution is 5.16. The molecule has 3 heteroatoms. The summed E-state index contributed by atoms with van der Waals surface area (Å²) in [6.45, 7) is 2.81. The Bertz CT molecular complexity index is 379. The predicted octanol–water partition coefficient (Wildman–Crippen LogP) is 1.44. The SMILES string of the molecule is Cc1[c]ncc(Cn2ccnc2)c1. The van der Waals surface area contributed by atoms with E-state index in [2.05, 4.69) is 22.2 Å². The van der Waals surface area contributed by atoms with Crippen molar-refractivity contribution in [2.45, 2.75) is 13.5 Å². The lowest BCUT2D eigenvalue weighted by Gasteiger charge is -2.01. The van der Waals surface area contributed by atoms with Gasteiger partial charge in [0, 0.05) is 18.6 Å². The summed E-state index contributed by atoms with van der Waals surface area (Å²) < 4.78 is 2.01. The van der Waals surface area contributed by atoms with Gasteiger partial charge in [0.2, 0.25) is 0 Å². The van der Waals surface area contributed by atoms with Crippen LogP contribution in [0.4, 0.5) is 0 Å². The lowest BCUT2D eigenvalue weighted by atomic mass is 10.2. The zero-order valence-corrected chi connectivity index (χ0v) is 7.44. The summed E-state index contributed by atoms with van der Waals surface area (Å²) in [5, 5.41) is 0. The van der Waals surface area contributed by atoms with Gasteiger partial charge in [0.25, 0.3) is 0 Å². The Labute approximate surface area is 77.1 Å². The molecule has 0 spiro atoms. The van der Waals surface area contributed by atoms with Gasteiger partial charge in [-0.15, -0.1) is 0 Å². The summed E-state index contributed by atoms with van der Waals surface area (Å²) in [5.74, 6) is 0. The van der Waals surface area contributed by atoms with E-state index in [0.29, 0.717) is 0 Å². The number of nitrogens with zero attached hydrogens (tertiary/aromatic N) is 3. The fourth-order valence-electron chi connectivity index (χ4n) is 1.24. The van der Waals surface area contributed by atoms with Crippen molar-refractivity contribution in [2.24, 2.45) is 0 Å². The Balaban J connectivity index is 2.19. The second kappa shape index (κ2) is 3.39. The fraction of sp³-hybridized carbons (Fsp3) is 0.200. The highest BCUT2D eigenvalue weighted by Crippen LogP contribution is 2.02. The van der Waals surface area contributed by atoms with E-state index in [1.54, 1.807) is 12.5 Å². The van der Waals surface area contributed by atoms with Crippen LogP contribution in [0.2, 0.25) is 0 Å². The normalized spacial score (nSPS) is 10.2. The molecule has 2 aromatic rings. The van der Waals surface area contributed by atoms with Gasteiger partial charge in [0.1, 0.15) is 0 Å². The van der Waals surface area contributed by atoms with E-state index >= 15 is 0 Å². The van der Waals surface area contributed by atoms with Gasteiger partial charge in [-0.1, -0.05) is 6.07 Å². The molecule has 0 atom stereocenters. The maximum Gasteiger partial charge on any atom is 0.0949 e. The number of aryl methyl sites for hydroxylation is 1. The molecule has 0 saturated carbocycles. The van der Waals surface area contributed by atoms with Crippen molar-refractivity contribution in [1.82, 2.24) is 14.5 Å². The monoisotopic (exact) mass is 172 g/mol. The van der Waals surface area contributed by atoms with Crippen LogP contribution in [0.5, 0.6) is 0 Å². The molecule has 0 aliphatic rings. The minimum atomic E-state index is 0.822. The van der Waals surface area contributed by atoms with E-state index in [0.717, 1.165) is 12.1 Å². The summed E-state index contributed by atoms with van der Waals surface area (Å²) in [5.41, 5.74) is 2.24. The van der Waals surface area contributed by atoms with Crippen LogP contribution in [-0.4, -0.2) is 14.5 Å². The summed E-state index contributed by atoms with van der Waals surface area (Å²) in [6, 6.07) is 2.08. The third kappa shape index (κ3) is 1.93. The van der Waals surface area contributed by atoms with Gasteiger partial charge in [-0.05, 0) is 18.1 Å². The van der Waals surface area contributed by atoms with Crippen LogP contribution in [0.25, 0.3) is 0 Å². The first kappa shape index (κ1) is 7.98. The number of imidazole rings is 1. The smallest absolute Gasteiger partial charge is 0.0949 e. The Morgan fingerprint density at radius 1 is 1.54 bits per heavy atom. The fourth-order valence-corrected chi connectivity index (χ4v) is 1.24. The van der Waals surface area contributed by atoms with Gasteiger partial charge in [0.05, 0.1) is 19.1 Å². The standard InChI is InChI=1S/C10H10N3/c1-9-4-10(6-12-5-9)7-13-3-2-11-8-13/h2-4,6,8H,7H2,1H3. The molecule has 0 bridgehead atoms. The van der Waals surface area contributed by atoms with Gasteiger partial charge < -0.3 is 4.57 Å². The van der Waals surface area contributed by atoms with Crippen LogP contribution in [0.1, 0.15) is 11.1 Å². The molecular weight excluding hydrogens is 162 g/mol. The first-order chi connectivity index (χ1) is 6.34. The Kier molecular flexibility index (Phi) is 2.08. The molecule has 1 radical (unpaired) electrons. The van der Waals surface area contributed by atoms with Crippen LogP contribution >= 0.6 is 0 Å². The second-order valence-corrected chi connectivity index (χ2v) is 3.01. The highest BCUT2D eigenvalue weighted by Gasteiger charge is 1.94. The molecule has 0 fully saturated rings. The van der Waals surface area contributed by atoms with Crippen molar-refractivity contribution in [3.05, 3.63) is 48.3 Å². The van der Waals surface area contributed by atoms with Crippen LogP contribution in [-0.2, 0) is 6.54 Å². The first-order valence-corrected chi connectivity index (χ1v) is 4.13. The maximum atomic E-state index is 4.01. The third-order valence-electron chi connectivity index (χ3n) is 1.80. The molecular formula is C10H10N3. The number of hydrogen-bond donors (Lipinski definition) is 0. The molecule has 0 unspecified atom stereocenters. The number of rotatable bonds is 2. The largest absolute Gasteiger partial charge is 0.333 e. The zero-order chi connectivity index (χ0) is 9.10. The molecule has 2 aromatic heterocycles. The molecule has 0 aliphatic carbocycles. The molecule has 65 valence electrons. The quantitative estimate of drug-likeness (QED) is 0.686.